The second-order valence-electron chi connectivity index (χ2n) is 5.73. The van der Waals surface area contributed by atoms with Gasteiger partial charge in [0.15, 0.2) is 0 Å². The Morgan fingerprint density at radius 3 is 2.75 bits per heavy atom. The molecule has 0 bridgehead atoms. The van der Waals surface area contributed by atoms with Gasteiger partial charge >= 0.3 is 0 Å². The lowest BCUT2D eigenvalue weighted by molar-refractivity contribution is -0.0290. The molecule has 0 saturated heterocycles. The smallest absolute Gasteiger partial charge is 0.0580 e. The van der Waals surface area contributed by atoms with Gasteiger partial charge in [-0.1, -0.05) is 13.0 Å². The second kappa shape index (κ2) is 7.72. The molecule has 1 saturated carbocycles. The summed E-state index contributed by atoms with van der Waals surface area (Å²) in [5, 5.41) is 0. The molecular formula is C16H27N3O. The number of nitrogens with zero attached hydrogens (tertiary/aromatic N) is 1. The molecule has 4 nitrogen and oxygen atoms in total. The molecule has 0 radical (unpaired) electrons. The molecule has 3 N–H and O–H groups in total. The van der Waals surface area contributed by atoms with E-state index in [1.807, 2.05) is 6.20 Å². The number of hydrogen-bond donors (Lipinski definition) is 2. The second-order valence-corrected chi connectivity index (χ2v) is 5.73. The molecule has 1 atom stereocenters. The minimum absolute atomic E-state index is 0.308. The molecule has 1 aliphatic rings. The molecule has 20 heavy (non-hydrogen) atoms. The van der Waals surface area contributed by atoms with Crippen molar-refractivity contribution < 1.29 is 4.74 Å². The highest BCUT2D eigenvalue weighted by atomic mass is 16.5. The summed E-state index contributed by atoms with van der Waals surface area (Å²) in [5.74, 6) is 6.43. The Morgan fingerprint density at radius 1 is 1.40 bits per heavy atom. The van der Waals surface area contributed by atoms with Crippen LogP contribution >= 0.6 is 0 Å². The van der Waals surface area contributed by atoms with Gasteiger partial charge < -0.3 is 4.74 Å². The summed E-state index contributed by atoms with van der Waals surface area (Å²) in [6.45, 7) is 5.03. The summed E-state index contributed by atoms with van der Waals surface area (Å²) in [5.41, 5.74) is 5.34. The summed E-state index contributed by atoms with van der Waals surface area (Å²) in [4.78, 5) is 4.51. The van der Waals surface area contributed by atoms with Crippen molar-refractivity contribution in [3.8, 4) is 0 Å². The van der Waals surface area contributed by atoms with Crippen LogP contribution in [0.4, 0.5) is 0 Å². The van der Waals surface area contributed by atoms with Gasteiger partial charge in [0.05, 0.1) is 6.10 Å². The third kappa shape index (κ3) is 4.27. The van der Waals surface area contributed by atoms with Crippen LogP contribution in [0.15, 0.2) is 18.3 Å². The third-order valence-corrected chi connectivity index (χ3v) is 4.20. The van der Waals surface area contributed by atoms with Crippen molar-refractivity contribution in [1.29, 1.82) is 0 Å². The third-order valence-electron chi connectivity index (χ3n) is 4.20. The van der Waals surface area contributed by atoms with Gasteiger partial charge in [-0.3, -0.25) is 16.3 Å². The normalized spacial score (nSPS) is 23.4. The van der Waals surface area contributed by atoms with Crippen molar-refractivity contribution in [3.05, 3.63) is 29.6 Å². The van der Waals surface area contributed by atoms with E-state index in [4.69, 9.17) is 10.6 Å². The molecule has 1 aromatic heterocycles. The molecular weight excluding hydrogens is 250 g/mol. The highest BCUT2D eigenvalue weighted by Crippen LogP contribution is 2.33. The van der Waals surface area contributed by atoms with Gasteiger partial charge in [-0.25, -0.2) is 0 Å². The van der Waals surface area contributed by atoms with Crippen molar-refractivity contribution in [3.63, 3.8) is 0 Å². The number of aromatic nitrogens is 1. The van der Waals surface area contributed by atoms with Crippen LogP contribution < -0.4 is 11.3 Å². The van der Waals surface area contributed by atoms with Gasteiger partial charge in [0.2, 0.25) is 0 Å². The number of nitrogens with one attached hydrogen (secondary N) is 1. The maximum atomic E-state index is 5.69. The molecule has 1 unspecified atom stereocenters. The van der Waals surface area contributed by atoms with Crippen molar-refractivity contribution in [1.82, 2.24) is 10.4 Å². The standard InChI is InChI=1S/C16H27N3O/c1-3-12-5-6-14(18-11-12)10-15(19-17)7-13-8-16(9-13)20-4-2/h5-6,11,13,15-16,19H,3-4,7-10,17H2,1-2H3. The summed E-state index contributed by atoms with van der Waals surface area (Å²) in [6, 6.07) is 4.58. The largest absolute Gasteiger partial charge is 0.378 e. The van der Waals surface area contributed by atoms with Crippen LogP contribution in [0.25, 0.3) is 0 Å². The first-order valence-corrected chi connectivity index (χ1v) is 7.76. The molecule has 0 aliphatic heterocycles. The Morgan fingerprint density at radius 2 is 2.20 bits per heavy atom. The minimum atomic E-state index is 0.308. The number of ether oxygens (including phenoxy) is 1. The van der Waals surface area contributed by atoms with Crippen molar-refractivity contribution in [2.75, 3.05) is 6.61 Å². The Kier molecular flexibility index (Phi) is 5.95. The highest BCUT2D eigenvalue weighted by molar-refractivity contribution is 5.14. The topological polar surface area (TPSA) is 60.2 Å². The lowest BCUT2D eigenvalue weighted by Gasteiger charge is -2.36. The number of rotatable bonds is 8. The fraction of sp³-hybridized carbons (Fsp3) is 0.688. The number of hydrazine groups is 1. The molecule has 1 aromatic rings. The Balaban J connectivity index is 1.77. The molecule has 112 valence electrons. The van der Waals surface area contributed by atoms with Crippen molar-refractivity contribution in [2.45, 2.75) is 58.1 Å². The maximum Gasteiger partial charge on any atom is 0.0580 e. The van der Waals surface area contributed by atoms with Crippen LogP contribution in [-0.4, -0.2) is 23.7 Å². The zero-order valence-corrected chi connectivity index (χ0v) is 12.6. The maximum absolute atomic E-state index is 5.69. The van der Waals surface area contributed by atoms with Crippen molar-refractivity contribution >= 4 is 0 Å². The Hall–Kier alpha value is -0.970. The predicted octanol–water partition coefficient (Wildman–Crippen LogP) is 2.22. The zero-order valence-electron chi connectivity index (χ0n) is 12.6. The monoisotopic (exact) mass is 277 g/mol. The van der Waals surface area contributed by atoms with E-state index in [-0.39, 0.29) is 0 Å². The average molecular weight is 277 g/mol. The Bertz CT molecular complexity index is 387. The number of aryl methyl sites for hydroxylation is 1. The van der Waals surface area contributed by atoms with E-state index in [2.05, 4.69) is 36.4 Å². The van der Waals surface area contributed by atoms with E-state index in [9.17, 15) is 0 Å². The van der Waals surface area contributed by atoms with Crippen LogP contribution in [0.3, 0.4) is 0 Å². The first-order valence-electron chi connectivity index (χ1n) is 7.76. The number of hydrogen-bond acceptors (Lipinski definition) is 4. The van der Waals surface area contributed by atoms with Gasteiger partial charge in [0.1, 0.15) is 0 Å². The Labute approximate surface area is 122 Å². The molecule has 0 amide bonds. The minimum Gasteiger partial charge on any atom is -0.378 e. The van der Waals surface area contributed by atoms with E-state index >= 15 is 0 Å². The van der Waals surface area contributed by atoms with Crippen LogP contribution in [0.5, 0.6) is 0 Å². The number of pyridine rings is 1. The van der Waals surface area contributed by atoms with E-state index in [0.717, 1.165) is 37.5 Å². The predicted molar refractivity (Wildman–Crippen MR) is 81.2 cm³/mol. The fourth-order valence-electron chi connectivity index (χ4n) is 2.89. The van der Waals surface area contributed by atoms with Crippen molar-refractivity contribution in [2.24, 2.45) is 11.8 Å². The lowest BCUT2D eigenvalue weighted by atomic mass is 9.77. The van der Waals surface area contributed by atoms with Crippen LogP contribution in [0.2, 0.25) is 0 Å². The summed E-state index contributed by atoms with van der Waals surface area (Å²) < 4.78 is 5.60. The zero-order chi connectivity index (χ0) is 14.4. The van der Waals surface area contributed by atoms with E-state index in [1.54, 1.807) is 0 Å². The molecule has 0 aromatic carbocycles. The van der Waals surface area contributed by atoms with E-state index in [0.29, 0.717) is 12.1 Å². The van der Waals surface area contributed by atoms with E-state index < -0.39 is 0 Å². The van der Waals surface area contributed by atoms with Crippen LogP contribution in [0.1, 0.15) is 44.4 Å². The summed E-state index contributed by atoms with van der Waals surface area (Å²) in [7, 11) is 0. The van der Waals surface area contributed by atoms with Crippen LogP contribution in [0, 0.1) is 5.92 Å². The molecule has 1 aliphatic carbocycles. The molecule has 2 rings (SSSR count). The molecule has 1 fully saturated rings. The number of nitrogens with two attached hydrogens (primary N) is 1. The van der Waals surface area contributed by atoms with E-state index in [1.165, 1.54) is 18.4 Å². The van der Waals surface area contributed by atoms with Gasteiger partial charge in [-0.15, -0.1) is 0 Å². The molecule has 4 heteroatoms. The first kappa shape index (κ1) is 15.4. The average Bonchev–Trinajstić information content (AvgIpc) is 2.44. The van der Waals surface area contributed by atoms with Crippen LogP contribution in [-0.2, 0) is 17.6 Å². The highest BCUT2D eigenvalue weighted by Gasteiger charge is 2.31. The quantitative estimate of drug-likeness (QED) is 0.565. The van der Waals surface area contributed by atoms with Gasteiger partial charge in [-0.2, -0.15) is 0 Å². The SMILES string of the molecule is CCOC1CC(CC(Cc2ccc(CC)cn2)NN)C1. The molecule has 1 heterocycles. The van der Waals surface area contributed by atoms with Gasteiger partial charge in [0.25, 0.3) is 0 Å². The molecule has 0 spiro atoms. The summed E-state index contributed by atoms with van der Waals surface area (Å²) >= 11 is 0. The fourth-order valence-corrected chi connectivity index (χ4v) is 2.89. The summed E-state index contributed by atoms with van der Waals surface area (Å²) in [6.07, 6.45) is 7.84. The first-order chi connectivity index (χ1) is 9.75. The van der Waals surface area contributed by atoms with Gasteiger partial charge in [-0.05, 0) is 50.2 Å². The van der Waals surface area contributed by atoms with Gasteiger partial charge in [0, 0.05) is 31.0 Å². The lowest BCUT2D eigenvalue weighted by Crippen LogP contribution is -2.42.